The quantitative estimate of drug-likeness (QED) is 0.512. The van der Waals surface area contributed by atoms with Gasteiger partial charge in [-0.15, -0.1) is 0 Å². The monoisotopic (exact) mass is 482 g/mol. The molecule has 35 heavy (non-hydrogen) atoms. The van der Waals surface area contributed by atoms with Crippen molar-refractivity contribution in [3.63, 3.8) is 0 Å². The maximum absolute atomic E-state index is 14.5. The number of anilines is 1. The number of methoxy groups -OCH3 is 1. The summed E-state index contributed by atoms with van der Waals surface area (Å²) in [6, 6.07) is 4.91. The van der Waals surface area contributed by atoms with Crippen LogP contribution in [0.4, 0.5) is 10.3 Å². The standard InChI is InChI=1S/C27H35FN4O3/c1-34-18-20-16-29-27(30-17-20)32-10-5-21(6-11-32)23-15-22(23)7-12-35-25-4-3-19(13-24(25)28)14-26(33)31-8-2-9-31/h3-4,13,16-17,21-23H,2,5-12,14-15,18H2,1H3/t22?,23-/m1/s1. The maximum atomic E-state index is 14.5. The first-order valence-electron chi connectivity index (χ1n) is 12.8. The Balaban J connectivity index is 1.01. The van der Waals surface area contributed by atoms with E-state index in [1.807, 2.05) is 17.3 Å². The molecule has 0 radical (unpaired) electrons. The van der Waals surface area contributed by atoms with Crippen molar-refractivity contribution in [2.24, 2.45) is 17.8 Å². The van der Waals surface area contributed by atoms with Crippen LogP contribution in [0.3, 0.4) is 0 Å². The average molecular weight is 483 g/mol. The molecule has 3 aliphatic rings. The molecule has 1 amide bonds. The van der Waals surface area contributed by atoms with E-state index in [0.29, 0.717) is 24.7 Å². The predicted octanol–water partition coefficient (Wildman–Crippen LogP) is 3.86. The molecule has 2 saturated heterocycles. The molecule has 5 rings (SSSR count). The van der Waals surface area contributed by atoms with Gasteiger partial charge in [0, 0.05) is 51.2 Å². The largest absolute Gasteiger partial charge is 0.491 e. The predicted molar refractivity (Wildman–Crippen MR) is 131 cm³/mol. The molecule has 7 nitrogen and oxygen atoms in total. The van der Waals surface area contributed by atoms with Crippen LogP contribution in [0.15, 0.2) is 30.6 Å². The van der Waals surface area contributed by atoms with Gasteiger partial charge >= 0.3 is 0 Å². The highest BCUT2D eigenvalue weighted by Crippen LogP contribution is 2.49. The highest BCUT2D eigenvalue weighted by molar-refractivity contribution is 5.79. The Labute approximate surface area is 206 Å². The SMILES string of the molecule is COCc1cnc(N2CCC([C@H]3CC3CCOc3ccc(CC(=O)N4CCC4)cc3F)CC2)nc1. The second-order valence-electron chi connectivity index (χ2n) is 10.1. The molecule has 8 heteroatoms. The van der Waals surface area contributed by atoms with Crippen LogP contribution < -0.4 is 9.64 Å². The van der Waals surface area contributed by atoms with Gasteiger partial charge in [0.05, 0.1) is 19.6 Å². The van der Waals surface area contributed by atoms with Gasteiger partial charge in [0.2, 0.25) is 11.9 Å². The number of nitrogens with zero attached hydrogens (tertiary/aromatic N) is 4. The van der Waals surface area contributed by atoms with Gasteiger partial charge in [-0.05, 0) is 67.6 Å². The fourth-order valence-corrected chi connectivity index (χ4v) is 5.40. The van der Waals surface area contributed by atoms with E-state index in [1.54, 1.807) is 19.2 Å². The van der Waals surface area contributed by atoms with Gasteiger partial charge in [0.1, 0.15) is 0 Å². The molecular weight excluding hydrogens is 447 g/mol. The van der Waals surface area contributed by atoms with Crippen LogP contribution in [-0.4, -0.2) is 60.7 Å². The minimum atomic E-state index is -0.379. The van der Waals surface area contributed by atoms with Gasteiger partial charge < -0.3 is 19.3 Å². The van der Waals surface area contributed by atoms with Crippen LogP contribution in [0, 0.1) is 23.6 Å². The molecule has 0 bridgehead atoms. The molecule has 2 aromatic rings. The van der Waals surface area contributed by atoms with Crippen LogP contribution in [0.5, 0.6) is 5.75 Å². The number of carbonyl (C=O) groups excluding carboxylic acids is 1. The summed E-state index contributed by atoms with van der Waals surface area (Å²) < 4.78 is 25.4. The molecule has 3 fully saturated rings. The first kappa shape index (κ1) is 24.0. The number of ether oxygens (including phenoxy) is 2. The van der Waals surface area contributed by atoms with E-state index in [0.717, 1.165) is 75.2 Å². The third-order valence-corrected chi connectivity index (χ3v) is 7.71. The number of hydrogen-bond acceptors (Lipinski definition) is 6. The molecule has 2 aliphatic heterocycles. The Kier molecular flexibility index (Phi) is 7.46. The zero-order valence-corrected chi connectivity index (χ0v) is 20.5. The number of halogens is 1. The van der Waals surface area contributed by atoms with Gasteiger partial charge in [0.15, 0.2) is 11.6 Å². The Bertz CT molecular complexity index is 1010. The van der Waals surface area contributed by atoms with Crippen molar-refractivity contribution in [3.05, 3.63) is 47.5 Å². The van der Waals surface area contributed by atoms with E-state index in [1.165, 1.54) is 12.5 Å². The summed E-state index contributed by atoms with van der Waals surface area (Å²) in [5, 5.41) is 0. The van der Waals surface area contributed by atoms with Gasteiger partial charge in [0.25, 0.3) is 0 Å². The number of aromatic nitrogens is 2. The molecule has 188 valence electrons. The summed E-state index contributed by atoms with van der Waals surface area (Å²) >= 11 is 0. The molecular formula is C27H35FN4O3. The topological polar surface area (TPSA) is 67.8 Å². The van der Waals surface area contributed by atoms with Crippen molar-refractivity contribution in [2.45, 2.75) is 45.1 Å². The lowest BCUT2D eigenvalue weighted by atomic mass is 9.90. The first-order chi connectivity index (χ1) is 17.1. The minimum Gasteiger partial charge on any atom is -0.491 e. The zero-order chi connectivity index (χ0) is 24.2. The Morgan fingerprint density at radius 3 is 2.54 bits per heavy atom. The van der Waals surface area contributed by atoms with Gasteiger partial charge in [-0.3, -0.25) is 4.79 Å². The Hall–Kier alpha value is -2.74. The highest BCUT2D eigenvalue weighted by Gasteiger charge is 2.43. The molecule has 0 spiro atoms. The Morgan fingerprint density at radius 2 is 1.89 bits per heavy atom. The number of benzene rings is 1. The van der Waals surface area contributed by atoms with Crippen molar-refractivity contribution in [3.8, 4) is 5.75 Å². The van der Waals surface area contributed by atoms with E-state index in [2.05, 4.69) is 14.9 Å². The maximum Gasteiger partial charge on any atom is 0.226 e. The minimum absolute atomic E-state index is 0.0717. The average Bonchev–Trinajstić information content (AvgIpc) is 3.60. The van der Waals surface area contributed by atoms with Crippen LogP contribution in [0.2, 0.25) is 0 Å². The van der Waals surface area contributed by atoms with Crippen molar-refractivity contribution in [1.82, 2.24) is 14.9 Å². The van der Waals surface area contributed by atoms with Crippen LogP contribution in [0.1, 0.15) is 43.2 Å². The molecule has 1 unspecified atom stereocenters. The van der Waals surface area contributed by atoms with Crippen molar-refractivity contribution < 1.29 is 18.7 Å². The van der Waals surface area contributed by atoms with E-state index < -0.39 is 0 Å². The normalized spacial score (nSPS) is 22.1. The molecule has 2 atom stereocenters. The number of amides is 1. The summed E-state index contributed by atoms with van der Waals surface area (Å²) in [6.45, 7) is 4.69. The number of likely N-dealkylation sites (tertiary alicyclic amines) is 1. The molecule has 3 heterocycles. The molecule has 1 aromatic carbocycles. The van der Waals surface area contributed by atoms with Gasteiger partial charge in [-0.2, -0.15) is 0 Å². The number of piperidine rings is 1. The first-order valence-corrected chi connectivity index (χ1v) is 12.8. The van der Waals surface area contributed by atoms with Crippen LogP contribution in [-0.2, 0) is 22.6 Å². The lowest BCUT2D eigenvalue weighted by molar-refractivity contribution is -0.133. The lowest BCUT2D eigenvalue weighted by Gasteiger charge is -2.32. The number of hydrogen-bond donors (Lipinski definition) is 0. The second kappa shape index (κ2) is 10.9. The third kappa shape index (κ3) is 5.92. The van der Waals surface area contributed by atoms with E-state index >= 15 is 0 Å². The molecule has 1 aliphatic carbocycles. The number of rotatable bonds is 10. The molecule has 1 saturated carbocycles. The second-order valence-corrected chi connectivity index (χ2v) is 10.1. The van der Waals surface area contributed by atoms with Crippen molar-refractivity contribution >= 4 is 11.9 Å². The van der Waals surface area contributed by atoms with Crippen LogP contribution in [0.25, 0.3) is 0 Å². The van der Waals surface area contributed by atoms with Gasteiger partial charge in [-0.1, -0.05) is 6.07 Å². The lowest BCUT2D eigenvalue weighted by Crippen LogP contribution is -2.42. The van der Waals surface area contributed by atoms with E-state index in [4.69, 9.17) is 9.47 Å². The zero-order valence-electron chi connectivity index (χ0n) is 20.5. The van der Waals surface area contributed by atoms with Gasteiger partial charge in [-0.25, -0.2) is 14.4 Å². The smallest absolute Gasteiger partial charge is 0.226 e. The Morgan fingerprint density at radius 1 is 1.11 bits per heavy atom. The fraction of sp³-hybridized carbons (Fsp3) is 0.593. The summed E-state index contributed by atoms with van der Waals surface area (Å²) in [6.07, 6.45) is 9.54. The fourth-order valence-electron chi connectivity index (χ4n) is 5.40. The summed E-state index contributed by atoms with van der Waals surface area (Å²) in [5.41, 5.74) is 1.69. The van der Waals surface area contributed by atoms with Crippen LogP contribution >= 0.6 is 0 Å². The summed E-state index contributed by atoms with van der Waals surface area (Å²) in [7, 11) is 1.67. The summed E-state index contributed by atoms with van der Waals surface area (Å²) in [5.74, 6) is 2.95. The molecule has 0 N–H and O–H groups in total. The molecule has 1 aromatic heterocycles. The van der Waals surface area contributed by atoms with E-state index in [9.17, 15) is 9.18 Å². The third-order valence-electron chi connectivity index (χ3n) is 7.71. The number of carbonyl (C=O) groups is 1. The highest BCUT2D eigenvalue weighted by atomic mass is 19.1. The van der Waals surface area contributed by atoms with Crippen molar-refractivity contribution in [1.29, 1.82) is 0 Å². The van der Waals surface area contributed by atoms with Crippen molar-refractivity contribution in [2.75, 3.05) is 44.8 Å². The summed E-state index contributed by atoms with van der Waals surface area (Å²) in [4.78, 5) is 25.2. The van der Waals surface area contributed by atoms with E-state index in [-0.39, 0.29) is 23.9 Å².